The fourth-order valence-electron chi connectivity index (χ4n) is 3.47. The van der Waals surface area contributed by atoms with Crippen LogP contribution < -0.4 is 25.5 Å². The monoisotopic (exact) mass is 576 g/mol. The molecule has 0 saturated carbocycles. The van der Waals surface area contributed by atoms with Crippen molar-refractivity contribution in [2.24, 2.45) is 5.10 Å². The molecule has 0 fully saturated rings. The smallest absolute Gasteiger partial charge is 0.269 e. The van der Waals surface area contributed by atoms with Gasteiger partial charge in [0.15, 0.2) is 11.5 Å². The highest BCUT2D eigenvalue weighted by Crippen LogP contribution is 2.36. The van der Waals surface area contributed by atoms with Gasteiger partial charge >= 0.3 is 0 Å². The van der Waals surface area contributed by atoms with Gasteiger partial charge in [0.2, 0.25) is 24.6 Å². The lowest BCUT2D eigenvalue weighted by Crippen LogP contribution is -2.07. The van der Waals surface area contributed by atoms with E-state index in [4.69, 9.17) is 9.47 Å². The van der Waals surface area contributed by atoms with E-state index in [1.54, 1.807) is 24.4 Å². The lowest BCUT2D eigenvalue weighted by molar-refractivity contribution is -0.384. The Bertz CT molecular complexity index is 1550. The molecule has 38 heavy (non-hydrogen) atoms. The minimum absolute atomic E-state index is 0.0188. The number of benzene rings is 3. The molecule has 5 rings (SSSR count). The quantitative estimate of drug-likeness (QED) is 0.133. The first kappa shape index (κ1) is 24.9. The van der Waals surface area contributed by atoms with Crippen molar-refractivity contribution in [2.45, 2.75) is 13.8 Å². The zero-order valence-corrected chi connectivity index (χ0v) is 21.8. The molecule has 192 valence electrons. The SMILES string of the molecule is Cc1ccc(Nc2nc(NN=Cc3cc4c(cc3Br)OCO4)nc(Nc3ccc([N+](=O)[O-])cc3)n2)cc1C. The highest BCUT2D eigenvalue weighted by Gasteiger charge is 2.16. The lowest BCUT2D eigenvalue weighted by Gasteiger charge is -2.11. The van der Waals surface area contributed by atoms with E-state index in [-0.39, 0.29) is 30.3 Å². The summed E-state index contributed by atoms with van der Waals surface area (Å²) >= 11 is 3.50. The van der Waals surface area contributed by atoms with Crippen molar-refractivity contribution in [1.82, 2.24) is 15.0 Å². The third-order valence-electron chi connectivity index (χ3n) is 5.59. The van der Waals surface area contributed by atoms with Crippen LogP contribution in [0.4, 0.5) is 34.9 Å². The number of hydrogen-bond donors (Lipinski definition) is 3. The first-order chi connectivity index (χ1) is 18.3. The first-order valence-corrected chi connectivity index (χ1v) is 12.1. The third-order valence-corrected chi connectivity index (χ3v) is 6.28. The molecule has 12 nitrogen and oxygen atoms in total. The minimum atomic E-state index is -0.461. The molecule has 2 heterocycles. The number of nitro groups is 1. The summed E-state index contributed by atoms with van der Waals surface area (Å²) < 4.78 is 11.6. The second kappa shape index (κ2) is 10.7. The van der Waals surface area contributed by atoms with Crippen molar-refractivity contribution < 1.29 is 14.4 Å². The van der Waals surface area contributed by atoms with Gasteiger partial charge in [-0.3, -0.25) is 10.1 Å². The Hall–Kier alpha value is -4.78. The van der Waals surface area contributed by atoms with Gasteiger partial charge in [-0.1, -0.05) is 6.07 Å². The molecule has 1 aromatic heterocycles. The maximum Gasteiger partial charge on any atom is 0.269 e. The number of rotatable bonds is 8. The van der Waals surface area contributed by atoms with E-state index in [1.807, 2.05) is 38.1 Å². The van der Waals surface area contributed by atoms with Crippen molar-refractivity contribution >= 4 is 57.1 Å². The van der Waals surface area contributed by atoms with Crippen molar-refractivity contribution in [1.29, 1.82) is 0 Å². The summed E-state index contributed by atoms with van der Waals surface area (Å²) in [6, 6.07) is 15.5. The molecule has 1 aliphatic heterocycles. The van der Waals surface area contributed by atoms with Crippen molar-refractivity contribution in [3.8, 4) is 11.5 Å². The summed E-state index contributed by atoms with van der Waals surface area (Å²) in [5, 5.41) is 21.5. The number of ether oxygens (including phenoxy) is 2. The molecule has 0 bridgehead atoms. The van der Waals surface area contributed by atoms with E-state index in [1.165, 1.54) is 12.1 Å². The number of fused-ring (bicyclic) bond motifs is 1. The van der Waals surface area contributed by atoms with E-state index >= 15 is 0 Å². The van der Waals surface area contributed by atoms with Crippen molar-refractivity contribution in [2.75, 3.05) is 22.9 Å². The number of hydrogen-bond acceptors (Lipinski definition) is 11. The fourth-order valence-corrected chi connectivity index (χ4v) is 3.90. The van der Waals surface area contributed by atoms with Gasteiger partial charge in [-0.2, -0.15) is 20.1 Å². The number of anilines is 5. The predicted molar refractivity (Wildman–Crippen MR) is 147 cm³/mol. The van der Waals surface area contributed by atoms with E-state index < -0.39 is 4.92 Å². The number of nitrogens with zero attached hydrogens (tertiary/aromatic N) is 5. The second-order valence-electron chi connectivity index (χ2n) is 8.26. The molecular formula is C25H21BrN8O4. The molecule has 0 aliphatic carbocycles. The maximum absolute atomic E-state index is 11.0. The number of nitrogens with one attached hydrogen (secondary N) is 3. The number of halogens is 1. The average Bonchev–Trinajstić information content (AvgIpc) is 3.34. The zero-order valence-electron chi connectivity index (χ0n) is 20.2. The molecule has 13 heteroatoms. The predicted octanol–water partition coefficient (Wildman–Crippen LogP) is 5.82. The summed E-state index contributed by atoms with van der Waals surface area (Å²) in [5.41, 5.74) is 7.22. The fraction of sp³-hybridized carbons (Fsp3) is 0.120. The Morgan fingerprint density at radius 3 is 2.21 bits per heavy atom. The van der Waals surface area contributed by atoms with Gasteiger partial charge in [-0.25, -0.2) is 5.43 Å². The Labute approximate surface area is 225 Å². The molecule has 1 aliphatic rings. The summed E-state index contributed by atoms with van der Waals surface area (Å²) in [6.45, 7) is 4.23. The van der Waals surface area contributed by atoms with Crippen LogP contribution in [0.25, 0.3) is 0 Å². The van der Waals surface area contributed by atoms with E-state index in [9.17, 15) is 10.1 Å². The van der Waals surface area contributed by atoms with Crippen LogP contribution in [0.15, 0.2) is 64.2 Å². The third kappa shape index (κ3) is 5.78. The van der Waals surface area contributed by atoms with Gasteiger partial charge in [-0.15, -0.1) is 0 Å². The number of aromatic nitrogens is 3. The summed E-state index contributed by atoms with van der Waals surface area (Å²) in [5.74, 6) is 1.94. The van der Waals surface area contributed by atoms with Crippen LogP contribution in [-0.2, 0) is 0 Å². The van der Waals surface area contributed by atoms with Gasteiger partial charge in [-0.05, 0) is 77.3 Å². The Balaban J connectivity index is 1.40. The van der Waals surface area contributed by atoms with Gasteiger partial charge < -0.3 is 20.1 Å². The first-order valence-electron chi connectivity index (χ1n) is 11.3. The number of nitro benzene ring substituents is 1. The molecule has 0 saturated heterocycles. The summed E-state index contributed by atoms with van der Waals surface area (Å²) in [4.78, 5) is 23.8. The molecule has 0 amide bonds. The minimum Gasteiger partial charge on any atom is -0.454 e. The normalized spacial score (nSPS) is 12.0. The van der Waals surface area contributed by atoms with Gasteiger partial charge in [0, 0.05) is 33.5 Å². The van der Waals surface area contributed by atoms with Crippen LogP contribution in [0, 0.1) is 24.0 Å². The number of aryl methyl sites for hydroxylation is 2. The molecule has 0 spiro atoms. The maximum atomic E-state index is 11.0. The Kier molecular flexibility index (Phi) is 7.00. The highest BCUT2D eigenvalue weighted by molar-refractivity contribution is 9.10. The Morgan fingerprint density at radius 1 is 0.895 bits per heavy atom. The topological polar surface area (TPSA) is 149 Å². The molecule has 3 N–H and O–H groups in total. The van der Waals surface area contributed by atoms with Crippen molar-refractivity contribution in [3.05, 3.63) is 85.9 Å². The molecule has 0 atom stereocenters. The van der Waals surface area contributed by atoms with Gasteiger partial charge in [0.1, 0.15) is 0 Å². The van der Waals surface area contributed by atoms with Crippen LogP contribution in [0.3, 0.4) is 0 Å². The van der Waals surface area contributed by atoms with E-state index in [0.29, 0.717) is 17.2 Å². The largest absolute Gasteiger partial charge is 0.454 e. The van der Waals surface area contributed by atoms with E-state index in [0.717, 1.165) is 26.9 Å². The molecule has 4 aromatic rings. The lowest BCUT2D eigenvalue weighted by atomic mass is 10.1. The number of non-ortho nitro benzene ring substituents is 1. The van der Waals surface area contributed by atoms with Crippen LogP contribution in [0.5, 0.6) is 11.5 Å². The summed E-state index contributed by atoms with van der Waals surface area (Å²) in [6.07, 6.45) is 1.59. The van der Waals surface area contributed by atoms with Crippen LogP contribution >= 0.6 is 15.9 Å². The zero-order chi connectivity index (χ0) is 26.6. The van der Waals surface area contributed by atoms with E-state index in [2.05, 4.69) is 52.0 Å². The van der Waals surface area contributed by atoms with Gasteiger partial charge in [0.25, 0.3) is 5.69 Å². The Morgan fingerprint density at radius 2 is 1.53 bits per heavy atom. The molecule has 0 unspecified atom stereocenters. The van der Waals surface area contributed by atoms with Crippen LogP contribution in [-0.4, -0.2) is 32.9 Å². The van der Waals surface area contributed by atoms with Crippen molar-refractivity contribution in [3.63, 3.8) is 0 Å². The van der Waals surface area contributed by atoms with Crippen LogP contribution in [0.2, 0.25) is 0 Å². The van der Waals surface area contributed by atoms with Crippen LogP contribution in [0.1, 0.15) is 16.7 Å². The van der Waals surface area contributed by atoms with Gasteiger partial charge in [0.05, 0.1) is 11.1 Å². The molecule has 0 radical (unpaired) electrons. The molecule has 3 aromatic carbocycles. The highest BCUT2D eigenvalue weighted by atomic mass is 79.9. The average molecular weight is 577 g/mol. The summed E-state index contributed by atoms with van der Waals surface area (Å²) in [7, 11) is 0. The number of hydrazone groups is 1. The molecular weight excluding hydrogens is 556 g/mol. The second-order valence-corrected chi connectivity index (χ2v) is 9.11. The standard InChI is InChI=1S/C25H21BrN8O4/c1-14-3-4-18(9-15(14)2)29-24-30-23(28-17-5-7-19(8-6-17)34(35)36)31-25(32-24)33-27-12-16-10-21-22(11-20(16)26)38-13-37-21/h3-12H,13H2,1-2H3,(H3,28,29,30,31,32,33).